The van der Waals surface area contributed by atoms with E-state index in [1.807, 2.05) is 37.1 Å². The lowest BCUT2D eigenvalue weighted by Crippen LogP contribution is -2.40. The minimum atomic E-state index is 0.0776. The average molecular weight is 334 g/mol. The van der Waals surface area contributed by atoms with Gasteiger partial charge in [0, 0.05) is 24.7 Å². The van der Waals surface area contributed by atoms with Crippen molar-refractivity contribution in [3.63, 3.8) is 0 Å². The van der Waals surface area contributed by atoms with Crippen LogP contribution in [0.4, 0.5) is 0 Å². The molecule has 2 rings (SSSR count). The van der Waals surface area contributed by atoms with Gasteiger partial charge < -0.3 is 19.7 Å². The van der Waals surface area contributed by atoms with Gasteiger partial charge in [0.25, 0.3) is 5.91 Å². The summed E-state index contributed by atoms with van der Waals surface area (Å²) in [5, 5.41) is 3.18. The Morgan fingerprint density at radius 2 is 2.12 bits per heavy atom. The van der Waals surface area contributed by atoms with Gasteiger partial charge in [0.05, 0.1) is 13.2 Å². The molecule has 1 N–H and O–H groups in total. The first-order valence-corrected chi connectivity index (χ1v) is 9.06. The molecule has 0 spiro atoms. The first-order valence-electron chi connectivity index (χ1n) is 9.06. The van der Waals surface area contributed by atoms with Crippen LogP contribution < -0.4 is 14.8 Å². The molecule has 0 radical (unpaired) electrons. The largest absolute Gasteiger partial charge is 0.490 e. The molecule has 1 aromatic rings. The van der Waals surface area contributed by atoms with E-state index < -0.39 is 0 Å². The summed E-state index contributed by atoms with van der Waals surface area (Å²) in [6, 6.07) is 5.80. The maximum Gasteiger partial charge on any atom is 0.254 e. The van der Waals surface area contributed by atoms with Gasteiger partial charge in [-0.25, -0.2) is 0 Å². The van der Waals surface area contributed by atoms with Gasteiger partial charge in [0.1, 0.15) is 0 Å². The summed E-state index contributed by atoms with van der Waals surface area (Å²) in [6.45, 7) is 6.94. The fourth-order valence-corrected chi connectivity index (χ4v) is 3.07. The number of amides is 1. The average Bonchev–Trinajstić information content (AvgIpc) is 3.04. The third kappa shape index (κ3) is 4.63. The van der Waals surface area contributed by atoms with Gasteiger partial charge in [0.15, 0.2) is 11.5 Å². The Morgan fingerprint density at radius 1 is 1.29 bits per heavy atom. The van der Waals surface area contributed by atoms with Crippen LogP contribution in [0.5, 0.6) is 11.5 Å². The Kier molecular flexibility index (Phi) is 7.37. The molecule has 5 heteroatoms. The number of benzene rings is 1. The molecular weight excluding hydrogens is 304 g/mol. The number of nitrogens with zero attached hydrogens (tertiary/aromatic N) is 1. The molecule has 1 atom stereocenters. The molecule has 1 heterocycles. The number of unbranched alkanes of at least 4 members (excludes halogenated alkanes) is 1. The second kappa shape index (κ2) is 9.52. The normalized spacial score (nSPS) is 17.1. The van der Waals surface area contributed by atoms with Crippen LogP contribution in [-0.4, -0.2) is 50.2 Å². The maximum atomic E-state index is 12.9. The SMILES string of the molecule is CCCCOc1ccc(C(=O)N2CCCC2CNC)cc1OCC. The Balaban J connectivity index is 2.14. The first-order chi connectivity index (χ1) is 11.7. The molecule has 1 aliphatic heterocycles. The van der Waals surface area contributed by atoms with E-state index in [2.05, 4.69) is 12.2 Å². The number of likely N-dealkylation sites (N-methyl/N-ethyl adjacent to an activating group) is 1. The number of rotatable bonds is 9. The number of carbonyl (C=O) groups excluding carboxylic acids is 1. The van der Waals surface area contributed by atoms with E-state index in [0.29, 0.717) is 24.5 Å². The summed E-state index contributed by atoms with van der Waals surface area (Å²) in [4.78, 5) is 14.8. The second-order valence-corrected chi connectivity index (χ2v) is 6.15. The van der Waals surface area contributed by atoms with E-state index in [4.69, 9.17) is 9.47 Å². The molecule has 134 valence electrons. The number of hydrogen-bond acceptors (Lipinski definition) is 4. The highest BCUT2D eigenvalue weighted by molar-refractivity contribution is 5.95. The Labute approximate surface area is 145 Å². The third-order valence-corrected chi connectivity index (χ3v) is 4.32. The van der Waals surface area contributed by atoms with Crippen molar-refractivity contribution >= 4 is 5.91 Å². The van der Waals surface area contributed by atoms with Crippen molar-refractivity contribution in [2.24, 2.45) is 0 Å². The van der Waals surface area contributed by atoms with Gasteiger partial charge in [-0.05, 0) is 51.4 Å². The zero-order chi connectivity index (χ0) is 17.4. The van der Waals surface area contributed by atoms with Crippen molar-refractivity contribution in [3.05, 3.63) is 23.8 Å². The third-order valence-electron chi connectivity index (χ3n) is 4.32. The Morgan fingerprint density at radius 3 is 2.83 bits per heavy atom. The zero-order valence-corrected chi connectivity index (χ0v) is 15.1. The van der Waals surface area contributed by atoms with E-state index in [9.17, 15) is 4.79 Å². The van der Waals surface area contributed by atoms with Crippen LogP contribution in [0.15, 0.2) is 18.2 Å². The highest BCUT2D eigenvalue weighted by atomic mass is 16.5. The zero-order valence-electron chi connectivity index (χ0n) is 15.1. The molecule has 0 aliphatic carbocycles. The molecule has 1 aliphatic rings. The molecule has 0 bridgehead atoms. The van der Waals surface area contributed by atoms with Crippen molar-refractivity contribution < 1.29 is 14.3 Å². The van der Waals surface area contributed by atoms with Crippen molar-refractivity contribution in [2.75, 3.05) is 33.4 Å². The van der Waals surface area contributed by atoms with Gasteiger partial charge in [-0.3, -0.25) is 4.79 Å². The molecule has 1 amide bonds. The summed E-state index contributed by atoms with van der Waals surface area (Å²) in [6.07, 6.45) is 4.21. The van der Waals surface area contributed by atoms with Crippen LogP contribution in [0, 0.1) is 0 Å². The molecule has 0 saturated carbocycles. The maximum absolute atomic E-state index is 12.9. The van der Waals surface area contributed by atoms with Gasteiger partial charge >= 0.3 is 0 Å². The Hall–Kier alpha value is -1.75. The summed E-state index contributed by atoms with van der Waals surface area (Å²) in [7, 11) is 1.93. The Bertz CT molecular complexity index is 533. The fraction of sp³-hybridized carbons (Fsp3) is 0.632. The monoisotopic (exact) mass is 334 g/mol. The van der Waals surface area contributed by atoms with Crippen molar-refractivity contribution in [2.45, 2.75) is 45.6 Å². The van der Waals surface area contributed by atoms with E-state index in [1.54, 1.807) is 0 Å². The van der Waals surface area contributed by atoms with Gasteiger partial charge in [-0.2, -0.15) is 0 Å². The minimum Gasteiger partial charge on any atom is -0.490 e. The van der Waals surface area contributed by atoms with Crippen molar-refractivity contribution in [1.29, 1.82) is 0 Å². The lowest BCUT2D eigenvalue weighted by atomic mass is 10.1. The predicted molar refractivity (Wildman–Crippen MR) is 96.0 cm³/mol. The van der Waals surface area contributed by atoms with Crippen LogP contribution >= 0.6 is 0 Å². The van der Waals surface area contributed by atoms with E-state index in [0.717, 1.165) is 44.5 Å². The lowest BCUT2D eigenvalue weighted by molar-refractivity contribution is 0.0736. The first kappa shape index (κ1) is 18.6. The number of ether oxygens (including phenoxy) is 2. The van der Waals surface area contributed by atoms with Gasteiger partial charge in [0.2, 0.25) is 0 Å². The quantitative estimate of drug-likeness (QED) is 0.705. The molecule has 1 unspecified atom stereocenters. The minimum absolute atomic E-state index is 0.0776. The van der Waals surface area contributed by atoms with Gasteiger partial charge in [-0.15, -0.1) is 0 Å². The molecule has 24 heavy (non-hydrogen) atoms. The second-order valence-electron chi connectivity index (χ2n) is 6.15. The van der Waals surface area contributed by atoms with Gasteiger partial charge in [-0.1, -0.05) is 13.3 Å². The van der Waals surface area contributed by atoms with Crippen molar-refractivity contribution in [3.8, 4) is 11.5 Å². The molecule has 0 aromatic heterocycles. The van der Waals surface area contributed by atoms with Crippen LogP contribution in [0.25, 0.3) is 0 Å². The summed E-state index contributed by atoms with van der Waals surface area (Å²) in [5.41, 5.74) is 0.671. The molecule has 1 saturated heterocycles. The topological polar surface area (TPSA) is 50.8 Å². The van der Waals surface area contributed by atoms with E-state index >= 15 is 0 Å². The molecule has 1 fully saturated rings. The molecular formula is C19H30N2O3. The van der Waals surface area contributed by atoms with Crippen LogP contribution in [0.3, 0.4) is 0 Å². The fourth-order valence-electron chi connectivity index (χ4n) is 3.07. The summed E-state index contributed by atoms with van der Waals surface area (Å²) in [5.74, 6) is 1.45. The molecule has 5 nitrogen and oxygen atoms in total. The van der Waals surface area contributed by atoms with Crippen molar-refractivity contribution in [1.82, 2.24) is 10.2 Å². The van der Waals surface area contributed by atoms with Crippen LogP contribution in [0.2, 0.25) is 0 Å². The van der Waals surface area contributed by atoms with Crippen LogP contribution in [-0.2, 0) is 0 Å². The highest BCUT2D eigenvalue weighted by Crippen LogP contribution is 2.30. The lowest BCUT2D eigenvalue weighted by Gasteiger charge is -2.25. The summed E-state index contributed by atoms with van der Waals surface area (Å²) < 4.78 is 11.5. The van der Waals surface area contributed by atoms with E-state index in [-0.39, 0.29) is 11.9 Å². The van der Waals surface area contributed by atoms with E-state index in [1.165, 1.54) is 0 Å². The van der Waals surface area contributed by atoms with Crippen LogP contribution in [0.1, 0.15) is 49.9 Å². The summed E-state index contributed by atoms with van der Waals surface area (Å²) >= 11 is 0. The highest BCUT2D eigenvalue weighted by Gasteiger charge is 2.29. The number of nitrogens with one attached hydrogen (secondary N) is 1. The smallest absolute Gasteiger partial charge is 0.254 e. The predicted octanol–water partition coefficient (Wildman–Crippen LogP) is 3.09. The standard InChI is InChI=1S/C19H30N2O3/c1-4-6-12-24-17-10-9-15(13-18(17)23-5-2)19(22)21-11-7-8-16(21)14-20-3/h9-10,13,16,20H,4-8,11-12,14H2,1-3H3. The molecule has 1 aromatic carbocycles. The number of likely N-dealkylation sites (tertiary alicyclic amines) is 1. The number of hydrogen-bond donors (Lipinski definition) is 1. The number of carbonyl (C=O) groups is 1.